The SMILES string of the molecule is CCCC1CCC(CNCCC(C)O)CC1. The molecule has 1 atom stereocenters. The van der Waals surface area contributed by atoms with Crippen molar-refractivity contribution in [1.82, 2.24) is 5.32 Å². The van der Waals surface area contributed by atoms with Gasteiger partial charge in [-0.1, -0.05) is 32.6 Å². The predicted molar refractivity (Wildman–Crippen MR) is 69.5 cm³/mol. The lowest BCUT2D eigenvalue weighted by atomic mass is 9.80. The van der Waals surface area contributed by atoms with Crippen molar-refractivity contribution < 1.29 is 5.11 Å². The summed E-state index contributed by atoms with van der Waals surface area (Å²) in [6.45, 7) is 6.28. The fraction of sp³-hybridized carbons (Fsp3) is 1.00. The van der Waals surface area contributed by atoms with Gasteiger partial charge in [0.2, 0.25) is 0 Å². The van der Waals surface area contributed by atoms with Crippen LogP contribution in [0.1, 0.15) is 58.8 Å². The second-order valence-corrected chi connectivity index (χ2v) is 5.52. The maximum atomic E-state index is 9.14. The molecule has 0 heterocycles. The third-order valence-corrected chi connectivity index (χ3v) is 3.84. The van der Waals surface area contributed by atoms with Crippen LogP contribution in [0.4, 0.5) is 0 Å². The molecule has 1 fully saturated rings. The molecule has 96 valence electrons. The molecule has 2 heteroatoms. The van der Waals surface area contributed by atoms with E-state index in [1.807, 2.05) is 6.92 Å². The Hall–Kier alpha value is -0.0800. The van der Waals surface area contributed by atoms with Gasteiger partial charge in [0.05, 0.1) is 6.10 Å². The molecule has 0 amide bonds. The van der Waals surface area contributed by atoms with Crippen LogP contribution in [-0.2, 0) is 0 Å². The summed E-state index contributed by atoms with van der Waals surface area (Å²) in [4.78, 5) is 0. The molecule has 0 aromatic rings. The third-order valence-electron chi connectivity index (χ3n) is 3.84. The molecule has 1 aliphatic carbocycles. The largest absolute Gasteiger partial charge is 0.393 e. The van der Waals surface area contributed by atoms with Crippen LogP contribution >= 0.6 is 0 Å². The van der Waals surface area contributed by atoms with Crippen LogP contribution in [-0.4, -0.2) is 24.3 Å². The molecule has 0 radical (unpaired) electrons. The Morgan fingerprint density at radius 2 is 1.81 bits per heavy atom. The standard InChI is InChI=1S/C14H29NO/c1-3-4-13-5-7-14(8-6-13)11-15-10-9-12(2)16/h12-16H,3-11H2,1-2H3. The molecular weight excluding hydrogens is 198 g/mol. The molecule has 1 aliphatic rings. The van der Waals surface area contributed by atoms with Gasteiger partial charge in [-0.2, -0.15) is 0 Å². The van der Waals surface area contributed by atoms with Gasteiger partial charge >= 0.3 is 0 Å². The van der Waals surface area contributed by atoms with Crippen LogP contribution in [0.15, 0.2) is 0 Å². The lowest BCUT2D eigenvalue weighted by Crippen LogP contribution is -2.28. The summed E-state index contributed by atoms with van der Waals surface area (Å²) in [5.41, 5.74) is 0. The zero-order valence-corrected chi connectivity index (χ0v) is 11.0. The summed E-state index contributed by atoms with van der Waals surface area (Å²) in [5.74, 6) is 1.90. The highest BCUT2D eigenvalue weighted by Crippen LogP contribution is 2.30. The summed E-state index contributed by atoms with van der Waals surface area (Å²) in [5, 5.41) is 12.6. The topological polar surface area (TPSA) is 32.3 Å². The molecule has 1 saturated carbocycles. The Morgan fingerprint density at radius 1 is 1.19 bits per heavy atom. The molecule has 1 rings (SSSR count). The van der Waals surface area contributed by atoms with Crippen molar-refractivity contribution in [2.24, 2.45) is 11.8 Å². The van der Waals surface area contributed by atoms with Crippen molar-refractivity contribution in [2.75, 3.05) is 13.1 Å². The normalized spacial score (nSPS) is 27.9. The maximum absolute atomic E-state index is 9.14. The van der Waals surface area contributed by atoms with Gasteiger partial charge < -0.3 is 10.4 Å². The molecular formula is C14H29NO. The Balaban J connectivity index is 1.99. The van der Waals surface area contributed by atoms with E-state index in [0.29, 0.717) is 0 Å². The first kappa shape index (κ1) is 14.0. The fourth-order valence-corrected chi connectivity index (χ4v) is 2.75. The second-order valence-electron chi connectivity index (χ2n) is 5.52. The van der Waals surface area contributed by atoms with Crippen LogP contribution in [0.3, 0.4) is 0 Å². The van der Waals surface area contributed by atoms with Gasteiger partial charge in [-0.15, -0.1) is 0 Å². The first-order valence-electron chi connectivity index (χ1n) is 7.11. The van der Waals surface area contributed by atoms with Crippen LogP contribution < -0.4 is 5.32 Å². The van der Waals surface area contributed by atoms with E-state index >= 15 is 0 Å². The summed E-state index contributed by atoms with van der Waals surface area (Å²) >= 11 is 0. The van der Waals surface area contributed by atoms with E-state index in [-0.39, 0.29) is 6.10 Å². The molecule has 0 aliphatic heterocycles. The lowest BCUT2D eigenvalue weighted by molar-refractivity contribution is 0.181. The van der Waals surface area contributed by atoms with E-state index < -0.39 is 0 Å². The highest BCUT2D eigenvalue weighted by molar-refractivity contribution is 4.73. The highest BCUT2D eigenvalue weighted by atomic mass is 16.3. The number of hydrogen-bond donors (Lipinski definition) is 2. The number of hydrogen-bond acceptors (Lipinski definition) is 2. The molecule has 0 bridgehead atoms. The number of nitrogens with one attached hydrogen (secondary N) is 1. The van der Waals surface area contributed by atoms with Crippen molar-refractivity contribution in [3.8, 4) is 0 Å². The van der Waals surface area contributed by atoms with Gasteiger partial charge in [-0.3, -0.25) is 0 Å². The van der Waals surface area contributed by atoms with Gasteiger partial charge in [0.25, 0.3) is 0 Å². The van der Waals surface area contributed by atoms with E-state index in [1.165, 1.54) is 38.5 Å². The van der Waals surface area contributed by atoms with Gasteiger partial charge in [-0.05, 0) is 51.1 Å². The van der Waals surface area contributed by atoms with Gasteiger partial charge in [-0.25, -0.2) is 0 Å². The quantitative estimate of drug-likeness (QED) is 0.655. The summed E-state index contributed by atoms with van der Waals surface area (Å²) < 4.78 is 0. The lowest BCUT2D eigenvalue weighted by Gasteiger charge is -2.28. The summed E-state index contributed by atoms with van der Waals surface area (Å²) in [6, 6.07) is 0. The Kier molecular flexibility index (Phi) is 7.06. The Bertz CT molecular complexity index is 162. The summed E-state index contributed by atoms with van der Waals surface area (Å²) in [6.07, 6.45) is 9.20. The number of aliphatic hydroxyl groups is 1. The van der Waals surface area contributed by atoms with E-state index in [1.54, 1.807) is 0 Å². The Morgan fingerprint density at radius 3 is 2.38 bits per heavy atom. The predicted octanol–water partition coefficient (Wildman–Crippen LogP) is 2.95. The number of rotatable bonds is 7. The van der Waals surface area contributed by atoms with Crippen molar-refractivity contribution >= 4 is 0 Å². The minimum atomic E-state index is -0.159. The first-order chi connectivity index (χ1) is 7.72. The van der Waals surface area contributed by atoms with Crippen LogP contribution in [0.5, 0.6) is 0 Å². The van der Waals surface area contributed by atoms with Crippen molar-refractivity contribution in [3.05, 3.63) is 0 Å². The van der Waals surface area contributed by atoms with E-state index in [2.05, 4.69) is 12.2 Å². The van der Waals surface area contributed by atoms with Crippen molar-refractivity contribution in [2.45, 2.75) is 64.9 Å². The first-order valence-corrected chi connectivity index (χ1v) is 7.11. The minimum Gasteiger partial charge on any atom is -0.393 e. The maximum Gasteiger partial charge on any atom is 0.0524 e. The van der Waals surface area contributed by atoms with Crippen molar-refractivity contribution in [1.29, 1.82) is 0 Å². The second kappa shape index (κ2) is 8.08. The number of aliphatic hydroxyl groups excluding tert-OH is 1. The average Bonchev–Trinajstić information content (AvgIpc) is 2.27. The molecule has 0 aromatic heterocycles. The molecule has 2 N–H and O–H groups in total. The molecule has 1 unspecified atom stereocenters. The highest BCUT2D eigenvalue weighted by Gasteiger charge is 2.19. The molecule has 2 nitrogen and oxygen atoms in total. The zero-order chi connectivity index (χ0) is 11.8. The molecule has 16 heavy (non-hydrogen) atoms. The van der Waals surface area contributed by atoms with Gasteiger partial charge in [0.1, 0.15) is 0 Å². The molecule has 0 saturated heterocycles. The fourth-order valence-electron chi connectivity index (χ4n) is 2.75. The van der Waals surface area contributed by atoms with E-state index in [0.717, 1.165) is 31.3 Å². The molecule has 0 aromatic carbocycles. The zero-order valence-electron chi connectivity index (χ0n) is 11.0. The average molecular weight is 227 g/mol. The molecule has 0 spiro atoms. The van der Waals surface area contributed by atoms with Crippen LogP contribution in [0, 0.1) is 11.8 Å². The van der Waals surface area contributed by atoms with Gasteiger partial charge in [0, 0.05) is 0 Å². The van der Waals surface area contributed by atoms with Crippen molar-refractivity contribution in [3.63, 3.8) is 0 Å². The van der Waals surface area contributed by atoms with E-state index in [9.17, 15) is 0 Å². The summed E-state index contributed by atoms with van der Waals surface area (Å²) in [7, 11) is 0. The van der Waals surface area contributed by atoms with Crippen LogP contribution in [0.2, 0.25) is 0 Å². The third kappa shape index (κ3) is 5.86. The van der Waals surface area contributed by atoms with Crippen LogP contribution in [0.25, 0.3) is 0 Å². The van der Waals surface area contributed by atoms with Gasteiger partial charge in [0.15, 0.2) is 0 Å². The smallest absolute Gasteiger partial charge is 0.0524 e. The Labute approximate surface area is 101 Å². The monoisotopic (exact) mass is 227 g/mol. The minimum absolute atomic E-state index is 0.159. The van der Waals surface area contributed by atoms with E-state index in [4.69, 9.17) is 5.11 Å².